The van der Waals surface area contributed by atoms with Crippen molar-refractivity contribution in [3.8, 4) is 0 Å². The molecule has 0 spiro atoms. The van der Waals surface area contributed by atoms with Crippen molar-refractivity contribution < 1.29 is 4.79 Å². The summed E-state index contributed by atoms with van der Waals surface area (Å²) in [5, 5.41) is 0. The first kappa shape index (κ1) is 10.1. The van der Waals surface area contributed by atoms with Crippen LogP contribution >= 0.6 is 0 Å². The number of nitrogens with one attached hydrogen (secondary N) is 1. The van der Waals surface area contributed by atoms with Crippen LogP contribution in [-0.2, 0) is 6.42 Å². The molecule has 1 amide bonds. The highest BCUT2D eigenvalue weighted by molar-refractivity contribution is 6.06. The molecule has 0 aliphatic carbocycles. The number of hydrogen-bond acceptors (Lipinski definition) is 2. The molecule has 1 N–H and O–H groups in total. The van der Waals surface area contributed by atoms with Crippen molar-refractivity contribution in [3.63, 3.8) is 0 Å². The zero-order valence-electron chi connectivity index (χ0n) is 9.39. The van der Waals surface area contributed by atoms with Gasteiger partial charge in [0, 0.05) is 30.8 Å². The second kappa shape index (κ2) is 4.05. The number of pyridine rings is 1. The number of anilines is 1. The molecule has 0 fully saturated rings. The lowest BCUT2D eigenvalue weighted by Gasteiger charge is -2.20. The highest BCUT2D eigenvalue weighted by Gasteiger charge is 2.24. The van der Waals surface area contributed by atoms with Crippen LogP contribution in [0.2, 0.25) is 0 Å². The number of aromatic nitrogens is 2. The summed E-state index contributed by atoms with van der Waals surface area (Å²) in [6.45, 7) is 0.755. The summed E-state index contributed by atoms with van der Waals surface area (Å²) in [4.78, 5) is 21.2. The summed E-state index contributed by atoms with van der Waals surface area (Å²) in [7, 11) is 0. The Balaban J connectivity index is 2.00. The van der Waals surface area contributed by atoms with E-state index in [4.69, 9.17) is 0 Å². The van der Waals surface area contributed by atoms with E-state index in [-0.39, 0.29) is 5.91 Å². The SMILES string of the molecule is O=C1c2[nH]ccc2CCCN1c1ccncc1. The molecule has 0 saturated heterocycles. The second-order valence-electron chi connectivity index (χ2n) is 4.14. The zero-order valence-corrected chi connectivity index (χ0v) is 9.39. The lowest BCUT2D eigenvalue weighted by Crippen LogP contribution is -2.31. The quantitative estimate of drug-likeness (QED) is 0.810. The van der Waals surface area contributed by atoms with Crippen LogP contribution < -0.4 is 4.90 Å². The Kier molecular flexibility index (Phi) is 2.40. The molecule has 86 valence electrons. The molecule has 1 aliphatic rings. The number of rotatable bonds is 1. The van der Waals surface area contributed by atoms with Crippen molar-refractivity contribution in [2.45, 2.75) is 12.8 Å². The molecule has 4 nitrogen and oxygen atoms in total. The zero-order chi connectivity index (χ0) is 11.7. The number of fused-ring (bicyclic) bond motifs is 1. The molecule has 2 aromatic rings. The third-order valence-electron chi connectivity index (χ3n) is 3.09. The number of hydrogen-bond donors (Lipinski definition) is 1. The van der Waals surface area contributed by atoms with Gasteiger partial charge in [-0.2, -0.15) is 0 Å². The summed E-state index contributed by atoms with van der Waals surface area (Å²) in [6, 6.07) is 5.72. The minimum absolute atomic E-state index is 0.0497. The van der Waals surface area contributed by atoms with E-state index in [0.717, 1.165) is 36.3 Å². The standard InChI is InChI=1S/C13H13N3O/c17-13-12-10(3-8-15-12)2-1-9-16(13)11-4-6-14-7-5-11/h3-8,15H,1-2,9H2. The molecule has 0 atom stereocenters. The molecule has 0 radical (unpaired) electrons. The van der Waals surface area contributed by atoms with Crippen molar-refractivity contribution in [1.82, 2.24) is 9.97 Å². The van der Waals surface area contributed by atoms with Crippen molar-refractivity contribution in [2.75, 3.05) is 11.4 Å². The summed E-state index contributed by atoms with van der Waals surface area (Å²) in [5.41, 5.74) is 2.75. The van der Waals surface area contributed by atoms with Crippen molar-refractivity contribution in [1.29, 1.82) is 0 Å². The van der Waals surface area contributed by atoms with Gasteiger partial charge in [-0.15, -0.1) is 0 Å². The predicted molar refractivity (Wildman–Crippen MR) is 65.0 cm³/mol. The summed E-state index contributed by atoms with van der Waals surface area (Å²) < 4.78 is 0. The van der Waals surface area contributed by atoms with E-state index in [1.807, 2.05) is 29.3 Å². The number of carbonyl (C=O) groups is 1. The van der Waals surface area contributed by atoms with Gasteiger partial charge in [-0.1, -0.05) is 0 Å². The van der Waals surface area contributed by atoms with Crippen LogP contribution in [-0.4, -0.2) is 22.4 Å². The van der Waals surface area contributed by atoms with Crippen molar-refractivity contribution in [2.24, 2.45) is 0 Å². The molecular weight excluding hydrogens is 214 g/mol. The fourth-order valence-corrected chi connectivity index (χ4v) is 2.24. The van der Waals surface area contributed by atoms with Gasteiger partial charge in [-0.3, -0.25) is 9.78 Å². The first-order valence-corrected chi connectivity index (χ1v) is 5.74. The van der Waals surface area contributed by atoms with E-state index in [9.17, 15) is 4.79 Å². The van der Waals surface area contributed by atoms with Crippen LogP contribution in [0.5, 0.6) is 0 Å². The van der Waals surface area contributed by atoms with Crippen LogP contribution in [0.4, 0.5) is 5.69 Å². The Hall–Kier alpha value is -2.10. The monoisotopic (exact) mass is 227 g/mol. The van der Waals surface area contributed by atoms with Crippen LogP contribution in [0, 0.1) is 0 Å². The lowest BCUT2D eigenvalue weighted by atomic mass is 10.1. The van der Waals surface area contributed by atoms with Crippen LogP contribution in [0.3, 0.4) is 0 Å². The Bertz CT molecular complexity index is 533. The number of aryl methyl sites for hydroxylation is 1. The molecule has 1 aliphatic heterocycles. The first-order valence-electron chi connectivity index (χ1n) is 5.74. The number of amides is 1. The third-order valence-corrected chi connectivity index (χ3v) is 3.09. The smallest absolute Gasteiger partial charge is 0.274 e. The minimum atomic E-state index is 0.0497. The fraction of sp³-hybridized carbons (Fsp3) is 0.231. The molecule has 4 heteroatoms. The van der Waals surface area contributed by atoms with Crippen molar-refractivity contribution in [3.05, 3.63) is 48.0 Å². The Morgan fingerprint density at radius 3 is 2.88 bits per heavy atom. The van der Waals surface area contributed by atoms with Gasteiger partial charge in [0.2, 0.25) is 0 Å². The predicted octanol–water partition coefficient (Wildman–Crippen LogP) is 2.00. The van der Waals surface area contributed by atoms with Crippen LogP contribution in [0.25, 0.3) is 0 Å². The number of aromatic amines is 1. The maximum absolute atomic E-state index is 12.4. The number of nitrogens with zero attached hydrogens (tertiary/aromatic N) is 2. The second-order valence-corrected chi connectivity index (χ2v) is 4.14. The average Bonchev–Trinajstić information content (AvgIpc) is 2.78. The molecule has 0 saturated carbocycles. The average molecular weight is 227 g/mol. The van der Waals surface area contributed by atoms with E-state index in [1.165, 1.54) is 0 Å². The largest absolute Gasteiger partial charge is 0.357 e. The van der Waals surface area contributed by atoms with E-state index >= 15 is 0 Å². The van der Waals surface area contributed by atoms with Gasteiger partial charge in [0.25, 0.3) is 5.91 Å². The summed E-state index contributed by atoms with van der Waals surface area (Å²) in [6.07, 6.45) is 7.19. The van der Waals surface area contributed by atoms with Gasteiger partial charge < -0.3 is 9.88 Å². The topological polar surface area (TPSA) is 49.0 Å². The van der Waals surface area contributed by atoms with Gasteiger partial charge in [-0.05, 0) is 36.6 Å². The molecule has 2 aromatic heterocycles. The molecule has 3 rings (SSSR count). The van der Waals surface area contributed by atoms with Crippen LogP contribution in [0.1, 0.15) is 22.5 Å². The van der Waals surface area contributed by atoms with E-state index in [0.29, 0.717) is 0 Å². The Labute approximate surface area is 99.3 Å². The molecule has 0 aromatic carbocycles. The Morgan fingerprint density at radius 2 is 2.06 bits per heavy atom. The first-order chi connectivity index (χ1) is 8.36. The normalized spacial score (nSPS) is 15.5. The summed E-state index contributed by atoms with van der Waals surface area (Å²) in [5.74, 6) is 0.0497. The Morgan fingerprint density at radius 1 is 1.24 bits per heavy atom. The van der Waals surface area contributed by atoms with Gasteiger partial charge in [0.05, 0.1) is 0 Å². The maximum atomic E-state index is 12.4. The van der Waals surface area contributed by atoms with Gasteiger partial charge in [0.15, 0.2) is 0 Å². The lowest BCUT2D eigenvalue weighted by molar-refractivity contribution is 0.0984. The number of carbonyl (C=O) groups excluding carboxylic acids is 1. The highest BCUT2D eigenvalue weighted by atomic mass is 16.2. The van der Waals surface area contributed by atoms with E-state index < -0.39 is 0 Å². The third kappa shape index (κ3) is 1.71. The van der Waals surface area contributed by atoms with E-state index in [1.54, 1.807) is 12.4 Å². The van der Waals surface area contributed by atoms with Crippen molar-refractivity contribution >= 4 is 11.6 Å². The summed E-state index contributed by atoms with van der Waals surface area (Å²) >= 11 is 0. The number of H-pyrrole nitrogens is 1. The molecule has 0 unspecified atom stereocenters. The fourth-order valence-electron chi connectivity index (χ4n) is 2.24. The molecule has 17 heavy (non-hydrogen) atoms. The van der Waals surface area contributed by atoms with Gasteiger partial charge >= 0.3 is 0 Å². The molecule has 0 bridgehead atoms. The van der Waals surface area contributed by atoms with Crippen LogP contribution in [0.15, 0.2) is 36.8 Å². The highest BCUT2D eigenvalue weighted by Crippen LogP contribution is 2.22. The minimum Gasteiger partial charge on any atom is -0.357 e. The molecular formula is C13H13N3O. The van der Waals surface area contributed by atoms with E-state index in [2.05, 4.69) is 9.97 Å². The maximum Gasteiger partial charge on any atom is 0.274 e. The van der Waals surface area contributed by atoms with Gasteiger partial charge in [-0.25, -0.2) is 0 Å². The molecule has 3 heterocycles. The van der Waals surface area contributed by atoms with Gasteiger partial charge in [0.1, 0.15) is 5.69 Å².